The van der Waals surface area contributed by atoms with Crippen LogP contribution in [0.15, 0.2) is 30.3 Å². The van der Waals surface area contributed by atoms with E-state index in [1.165, 1.54) is 0 Å². The number of amides is 2. The van der Waals surface area contributed by atoms with Gasteiger partial charge in [0.2, 0.25) is 11.8 Å². The second-order valence-electron chi connectivity index (χ2n) is 6.75. The van der Waals surface area contributed by atoms with Crippen LogP contribution >= 0.6 is 0 Å². The van der Waals surface area contributed by atoms with Gasteiger partial charge in [-0.1, -0.05) is 44.2 Å². The molecule has 22 heavy (non-hydrogen) atoms. The zero-order valence-electron chi connectivity index (χ0n) is 13.8. The summed E-state index contributed by atoms with van der Waals surface area (Å²) >= 11 is 0. The average molecular weight is 302 g/mol. The molecule has 1 saturated heterocycles. The second-order valence-corrected chi connectivity index (χ2v) is 6.75. The molecule has 0 radical (unpaired) electrons. The molecule has 1 fully saturated rings. The molecule has 0 bridgehead atoms. The maximum absolute atomic E-state index is 12.6. The van der Waals surface area contributed by atoms with Crippen LogP contribution in [-0.4, -0.2) is 29.8 Å². The minimum absolute atomic E-state index is 0.0188. The largest absolute Gasteiger partial charge is 0.351 e. The molecular formula is C18H26N2O2. The van der Waals surface area contributed by atoms with E-state index in [0.29, 0.717) is 13.1 Å². The molecule has 1 aromatic carbocycles. The first-order chi connectivity index (χ1) is 10.4. The van der Waals surface area contributed by atoms with Gasteiger partial charge in [-0.25, -0.2) is 0 Å². The molecule has 0 saturated carbocycles. The van der Waals surface area contributed by atoms with E-state index in [-0.39, 0.29) is 17.7 Å². The highest BCUT2D eigenvalue weighted by Gasteiger charge is 2.39. The average Bonchev–Trinajstić information content (AvgIpc) is 2.52. The van der Waals surface area contributed by atoms with Crippen LogP contribution in [0.25, 0.3) is 0 Å². The minimum atomic E-state index is -0.489. The van der Waals surface area contributed by atoms with Crippen molar-refractivity contribution in [3.05, 3.63) is 35.9 Å². The zero-order valence-corrected chi connectivity index (χ0v) is 13.8. The van der Waals surface area contributed by atoms with Crippen molar-refractivity contribution in [2.24, 2.45) is 11.3 Å². The lowest BCUT2D eigenvalue weighted by Gasteiger charge is -2.40. The molecule has 1 N–H and O–H groups in total. The van der Waals surface area contributed by atoms with Crippen LogP contribution in [0, 0.1) is 11.3 Å². The third kappa shape index (κ3) is 3.87. The molecular weight excluding hydrogens is 276 g/mol. The molecule has 0 spiro atoms. The minimum Gasteiger partial charge on any atom is -0.351 e. The molecule has 120 valence electrons. The van der Waals surface area contributed by atoms with Crippen LogP contribution < -0.4 is 5.32 Å². The summed E-state index contributed by atoms with van der Waals surface area (Å²) in [6, 6.07) is 9.89. The lowest BCUT2D eigenvalue weighted by atomic mass is 9.80. The van der Waals surface area contributed by atoms with Crippen LogP contribution in [0.2, 0.25) is 0 Å². The molecule has 1 atom stereocenters. The van der Waals surface area contributed by atoms with Gasteiger partial charge in [0.15, 0.2) is 0 Å². The lowest BCUT2D eigenvalue weighted by molar-refractivity contribution is -0.142. The molecule has 0 unspecified atom stereocenters. The molecule has 1 aliphatic rings. The van der Waals surface area contributed by atoms with Gasteiger partial charge in [0, 0.05) is 25.6 Å². The molecule has 1 aliphatic heterocycles. The Labute approximate surface area is 132 Å². The van der Waals surface area contributed by atoms with Crippen molar-refractivity contribution in [3.63, 3.8) is 0 Å². The summed E-state index contributed by atoms with van der Waals surface area (Å²) in [6.07, 6.45) is 1.71. The monoisotopic (exact) mass is 302 g/mol. The number of nitrogens with one attached hydrogen (secondary N) is 1. The number of benzene rings is 1. The Morgan fingerprint density at radius 3 is 2.59 bits per heavy atom. The van der Waals surface area contributed by atoms with Crippen LogP contribution in [0.5, 0.6) is 0 Å². The molecule has 4 heteroatoms. The van der Waals surface area contributed by atoms with Crippen molar-refractivity contribution in [1.29, 1.82) is 0 Å². The van der Waals surface area contributed by atoms with Gasteiger partial charge in [-0.3, -0.25) is 9.59 Å². The predicted molar refractivity (Wildman–Crippen MR) is 87.0 cm³/mol. The van der Waals surface area contributed by atoms with Crippen LogP contribution in [0.1, 0.15) is 39.2 Å². The Kier molecular flexibility index (Phi) is 5.22. The molecule has 4 nitrogen and oxygen atoms in total. The number of nitrogens with zero attached hydrogens (tertiary/aromatic N) is 1. The third-order valence-electron chi connectivity index (χ3n) is 4.35. The predicted octanol–water partition coefficient (Wildman–Crippen LogP) is 2.59. The van der Waals surface area contributed by atoms with E-state index in [9.17, 15) is 9.59 Å². The highest BCUT2D eigenvalue weighted by molar-refractivity contribution is 5.84. The summed E-state index contributed by atoms with van der Waals surface area (Å²) < 4.78 is 0. The summed E-state index contributed by atoms with van der Waals surface area (Å²) in [7, 11) is 0. The lowest BCUT2D eigenvalue weighted by Crippen LogP contribution is -2.52. The fourth-order valence-electron chi connectivity index (χ4n) is 2.97. The van der Waals surface area contributed by atoms with Crippen molar-refractivity contribution in [2.75, 3.05) is 13.1 Å². The Balaban J connectivity index is 1.96. The van der Waals surface area contributed by atoms with E-state index in [0.717, 1.165) is 24.9 Å². The van der Waals surface area contributed by atoms with Crippen molar-refractivity contribution >= 4 is 11.8 Å². The first-order valence-corrected chi connectivity index (χ1v) is 8.03. The van der Waals surface area contributed by atoms with Gasteiger partial charge in [0.1, 0.15) is 0 Å². The Morgan fingerprint density at radius 1 is 1.27 bits per heavy atom. The number of hydrogen-bond donors (Lipinski definition) is 1. The van der Waals surface area contributed by atoms with E-state index in [4.69, 9.17) is 0 Å². The van der Waals surface area contributed by atoms with Crippen molar-refractivity contribution < 1.29 is 9.59 Å². The summed E-state index contributed by atoms with van der Waals surface area (Å²) in [4.78, 5) is 26.6. The van der Waals surface area contributed by atoms with Gasteiger partial charge in [-0.15, -0.1) is 0 Å². The van der Waals surface area contributed by atoms with Gasteiger partial charge in [-0.2, -0.15) is 0 Å². The standard InChI is InChI=1S/C18H26N2O2/c1-14(2)16(21)20-11-7-10-18(3,13-20)17(22)19-12-15-8-5-4-6-9-15/h4-6,8-9,14H,7,10-13H2,1-3H3,(H,19,22)/t18-/m1/s1. The number of carbonyl (C=O) groups is 2. The number of carbonyl (C=O) groups excluding carboxylic acids is 2. The quantitative estimate of drug-likeness (QED) is 0.929. The first kappa shape index (κ1) is 16.5. The molecule has 2 amide bonds. The number of hydrogen-bond acceptors (Lipinski definition) is 2. The normalized spacial score (nSPS) is 21.7. The topological polar surface area (TPSA) is 49.4 Å². The van der Waals surface area contributed by atoms with Crippen molar-refractivity contribution in [2.45, 2.75) is 40.2 Å². The Morgan fingerprint density at radius 2 is 1.95 bits per heavy atom. The van der Waals surface area contributed by atoms with Gasteiger partial charge in [-0.05, 0) is 25.3 Å². The fraction of sp³-hybridized carbons (Fsp3) is 0.556. The highest BCUT2D eigenvalue weighted by Crippen LogP contribution is 2.30. The van der Waals surface area contributed by atoms with E-state index >= 15 is 0 Å². The zero-order chi connectivity index (χ0) is 16.2. The molecule has 0 aliphatic carbocycles. The maximum Gasteiger partial charge on any atom is 0.227 e. The smallest absolute Gasteiger partial charge is 0.227 e. The van der Waals surface area contributed by atoms with Gasteiger partial charge in [0.25, 0.3) is 0 Å². The van der Waals surface area contributed by atoms with E-state index in [1.807, 2.05) is 56.0 Å². The van der Waals surface area contributed by atoms with Crippen molar-refractivity contribution in [3.8, 4) is 0 Å². The second kappa shape index (κ2) is 6.95. The third-order valence-corrected chi connectivity index (χ3v) is 4.35. The first-order valence-electron chi connectivity index (χ1n) is 8.03. The summed E-state index contributed by atoms with van der Waals surface area (Å²) in [5.74, 6) is 0.161. The SMILES string of the molecule is CC(C)C(=O)N1CCC[C@@](C)(C(=O)NCc2ccccc2)C1. The Bertz CT molecular complexity index is 527. The highest BCUT2D eigenvalue weighted by atomic mass is 16.2. The van der Waals surface area contributed by atoms with E-state index in [2.05, 4.69) is 5.32 Å². The molecule has 2 rings (SSSR count). The van der Waals surface area contributed by atoms with Gasteiger partial charge >= 0.3 is 0 Å². The fourth-order valence-corrected chi connectivity index (χ4v) is 2.97. The number of piperidine rings is 1. The summed E-state index contributed by atoms with van der Waals surface area (Å²) in [5.41, 5.74) is 0.600. The summed E-state index contributed by atoms with van der Waals surface area (Å²) in [5, 5.41) is 3.02. The molecule has 0 aromatic heterocycles. The van der Waals surface area contributed by atoms with Crippen molar-refractivity contribution in [1.82, 2.24) is 10.2 Å². The van der Waals surface area contributed by atoms with E-state index < -0.39 is 5.41 Å². The van der Waals surface area contributed by atoms with Crippen LogP contribution in [0.3, 0.4) is 0 Å². The summed E-state index contributed by atoms with van der Waals surface area (Å²) in [6.45, 7) is 7.59. The van der Waals surface area contributed by atoms with Gasteiger partial charge < -0.3 is 10.2 Å². The van der Waals surface area contributed by atoms with Crippen LogP contribution in [-0.2, 0) is 16.1 Å². The molecule has 1 aromatic rings. The Hall–Kier alpha value is -1.84. The van der Waals surface area contributed by atoms with Crippen LogP contribution in [0.4, 0.5) is 0 Å². The maximum atomic E-state index is 12.6. The number of rotatable bonds is 4. The molecule has 1 heterocycles. The van der Waals surface area contributed by atoms with E-state index in [1.54, 1.807) is 0 Å². The van der Waals surface area contributed by atoms with Gasteiger partial charge in [0.05, 0.1) is 5.41 Å². The number of likely N-dealkylation sites (tertiary alicyclic amines) is 1.